The Labute approximate surface area is 71.9 Å². The van der Waals surface area contributed by atoms with Gasteiger partial charge in [0.25, 0.3) is 0 Å². The van der Waals surface area contributed by atoms with Crippen molar-refractivity contribution in [3.05, 3.63) is 0 Å². The highest BCUT2D eigenvalue weighted by atomic mass is 16.3. The molecule has 0 rings (SSSR count). The third-order valence-electron chi connectivity index (χ3n) is 1.12. The van der Waals surface area contributed by atoms with E-state index in [0.29, 0.717) is 0 Å². The summed E-state index contributed by atoms with van der Waals surface area (Å²) in [5.41, 5.74) is 0. The summed E-state index contributed by atoms with van der Waals surface area (Å²) < 4.78 is 0. The zero-order valence-electron chi connectivity index (χ0n) is 7.38. The van der Waals surface area contributed by atoms with E-state index in [4.69, 9.17) is 25.5 Å². The highest BCUT2D eigenvalue weighted by molar-refractivity contribution is 4.50. The maximum Gasteiger partial charge on any atom is 0.100 e. The van der Waals surface area contributed by atoms with Crippen LogP contribution in [-0.4, -0.2) is 57.1 Å². The summed E-state index contributed by atoms with van der Waals surface area (Å²) in [5.74, 6) is 0. The van der Waals surface area contributed by atoms with Crippen molar-refractivity contribution in [2.24, 2.45) is 0 Å². The summed E-state index contributed by atoms with van der Waals surface area (Å²) in [6.45, 7) is 2.36. The molecule has 0 amide bonds. The average Bonchev–Trinajstić information content (AvgIpc) is 2.04. The van der Waals surface area contributed by atoms with Gasteiger partial charge in [0.2, 0.25) is 0 Å². The molecular weight excluding hydrogens is 164 g/mol. The van der Waals surface area contributed by atoms with Crippen LogP contribution < -0.4 is 0 Å². The lowest BCUT2D eigenvalue weighted by molar-refractivity contribution is 0.0438. The monoisotopic (exact) mass is 182 g/mol. The molecule has 76 valence electrons. The molecule has 0 heterocycles. The fraction of sp³-hybridized carbons (Fsp3) is 1.00. The van der Waals surface area contributed by atoms with E-state index in [-0.39, 0.29) is 13.2 Å². The molecule has 0 aliphatic carbocycles. The van der Waals surface area contributed by atoms with Crippen molar-refractivity contribution in [1.82, 2.24) is 0 Å². The Morgan fingerprint density at radius 1 is 0.833 bits per heavy atom. The fourth-order valence-corrected chi connectivity index (χ4v) is 0.0577. The molecule has 12 heavy (non-hydrogen) atoms. The van der Waals surface area contributed by atoms with Gasteiger partial charge in [-0.05, 0) is 13.8 Å². The minimum atomic E-state index is -0.954. The van der Waals surface area contributed by atoms with Gasteiger partial charge in [0.1, 0.15) is 6.10 Å². The molecule has 0 radical (unpaired) electrons. The number of aliphatic hydroxyl groups is 5. The molecule has 0 fully saturated rings. The minimum Gasteiger partial charge on any atom is -0.394 e. The molecule has 2 unspecified atom stereocenters. The first-order chi connectivity index (χ1) is 5.45. The smallest absolute Gasteiger partial charge is 0.100 e. The molecule has 5 N–H and O–H groups in total. The van der Waals surface area contributed by atoms with Crippen LogP contribution in [0.25, 0.3) is 0 Å². The van der Waals surface area contributed by atoms with Crippen molar-refractivity contribution < 1.29 is 25.5 Å². The van der Waals surface area contributed by atoms with E-state index in [1.165, 1.54) is 0 Å². The predicted octanol–water partition coefficient (Wildman–Crippen LogP) is -1.92. The zero-order chi connectivity index (χ0) is 10.1. The number of rotatable bonds is 3. The van der Waals surface area contributed by atoms with E-state index in [1.807, 2.05) is 0 Å². The molecule has 0 saturated heterocycles. The van der Waals surface area contributed by atoms with Crippen molar-refractivity contribution in [2.75, 3.05) is 13.2 Å². The van der Waals surface area contributed by atoms with Crippen LogP contribution in [0.1, 0.15) is 13.8 Å². The van der Waals surface area contributed by atoms with Crippen LogP contribution in [0.15, 0.2) is 0 Å². The maximum atomic E-state index is 8.38. The van der Waals surface area contributed by atoms with Crippen LogP contribution in [0.3, 0.4) is 0 Å². The van der Waals surface area contributed by atoms with E-state index in [0.717, 1.165) is 0 Å². The molecule has 0 bridgehead atoms. The zero-order valence-corrected chi connectivity index (χ0v) is 7.38. The van der Waals surface area contributed by atoms with Crippen molar-refractivity contribution in [3.8, 4) is 0 Å². The summed E-state index contributed by atoms with van der Waals surface area (Å²) in [6, 6.07) is 0. The molecule has 0 spiro atoms. The van der Waals surface area contributed by atoms with Gasteiger partial charge in [-0.1, -0.05) is 0 Å². The van der Waals surface area contributed by atoms with E-state index in [9.17, 15) is 0 Å². The Morgan fingerprint density at radius 3 is 1.08 bits per heavy atom. The average molecular weight is 182 g/mol. The summed E-state index contributed by atoms with van der Waals surface area (Å²) >= 11 is 0. The van der Waals surface area contributed by atoms with Crippen LogP contribution in [0.5, 0.6) is 0 Å². The van der Waals surface area contributed by atoms with Crippen LogP contribution in [0.2, 0.25) is 0 Å². The van der Waals surface area contributed by atoms with Gasteiger partial charge in [-0.15, -0.1) is 0 Å². The van der Waals surface area contributed by atoms with E-state index in [1.54, 1.807) is 13.8 Å². The van der Waals surface area contributed by atoms with Crippen LogP contribution in [0, 0.1) is 0 Å². The molecule has 0 aromatic rings. The van der Waals surface area contributed by atoms with Crippen molar-refractivity contribution in [2.45, 2.75) is 32.2 Å². The van der Waals surface area contributed by atoms with Gasteiger partial charge in [-0.2, -0.15) is 0 Å². The highest BCUT2D eigenvalue weighted by Crippen LogP contribution is 1.85. The second kappa shape index (κ2) is 8.89. The third kappa shape index (κ3) is 12.5. The largest absolute Gasteiger partial charge is 0.394 e. The molecule has 0 aliphatic heterocycles. The Bertz CT molecular complexity index is 73.9. The van der Waals surface area contributed by atoms with Crippen molar-refractivity contribution in [1.29, 1.82) is 0 Å². The summed E-state index contributed by atoms with van der Waals surface area (Å²) in [5, 5.41) is 40.8. The standard InChI is InChI=1S/C4H10O2.C3H8O3/c1-3(5)4(2)6;4-1-3(6)2-5/h3-6H,1-2H3;3-6H,1-2H2. The van der Waals surface area contributed by atoms with Crippen LogP contribution in [0.4, 0.5) is 0 Å². The number of hydrogen-bond acceptors (Lipinski definition) is 5. The van der Waals surface area contributed by atoms with Gasteiger partial charge < -0.3 is 25.5 Å². The lowest BCUT2D eigenvalue weighted by Crippen LogP contribution is -2.17. The topological polar surface area (TPSA) is 101 Å². The minimum absolute atomic E-state index is 0.365. The summed E-state index contributed by atoms with van der Waals surface area (Å²) in [6.07, 6.45) is -2.14. The first-order valence-corrected chi connectivity index (χ1v) is 3.71. The molecule has 2 atom stereocenters. The molecule has 0 aromatic carbocycles. The van der Waals surface area contributed by atoms with Gasteiger partial charge >= 0.3 is 0 Å². The lowest BCUT2D eigenvalue weighted by Gasteiger charge is -2.03. The predicted molar refractivity (Wildman–Crippen MR) is 43.5 cm³/mol. The van der Waals surface area contributed by atoms with Gasteiger partial charge in [0, 0.05) is 0 Å². The first kappa shape index (κ1) is 14.3. The maximum absolute atomic E-state index is 8.38. The highest BCUT2D eigenvalue weighted by Gasteiger charge is 1.99. The molecular formula is C7H18O5. The van der Waals surface area contributed by atoms with Gasteiger partial charge in [0.15, 0.2) is 0 Å². The molecule has 5 nitrogen and oxygen atoms in total. The van der Waals surface area contributed by atoms with Crippen LogP contribution in [-0.2, 0) is 0 Å². The summed E-state index contributed by atoms with van der Waals surface area (Å²) in [4.78, 5) is 0. The van der Waals surface area contributed by atoms with Crippen molar-refractivity contribution >= 4 is 0 Å². The Hall–Kier alpha value is -0.200. The summed E-state index contributed by atoms with van der Waals surface area (Å²) in [7, 11) is 0. The number of aliphatic hydroxyl groups excluding tert-OH is 5. The molecule has 0 aliphatic rings. The molecule has 0 saturated carbocycles. The molecule has 5 heteroatoms. The first-order valence-electron chi connectivity index (χ1n) is 3.71. The van der Waals surface area contributed by atoms with Gasteiger partial charge in [-0.3, -0.25) is 0 Å². The normalized spacial score (nSPS) is 15.0. The Kier molecular flexibility index (Phi) is 10.6. The van der Waals surface area contributed by atoms with Crippen molar-refractivity contribution in [3.63, 3.8) is 0 Å². The Morgan fingerprint density at radius 2 is 1.08 bits per heavy atom. The van der Waals surface area contributed by atoms with E-state index >= 15 is 0 Å². The second-order valence-corrected chi connectivity index (χ2v) is 2.50. The van der Waals surface area contributed by atoms with Gasteiger partial charge in [-0.25, -0.2) is 0 Å². The quantitative estimate of drug-likeness (QED) is 0.350. The van der Waals surface area contributed by atoms with E-state index < -0.39 is 18.3 Å². The second-order valence-electron chi connectivity index (χ2n) is 2.50. The SMILES string of the molecule is CC(O)C(C)O.OCC(O)CO. The lowest BCUT2D eigenvalue weighted by atomic mass is 10.3. The fourth-order valence-electron chi connectivity index (χ4n) is 0.0577. The van der Waals surface area contributed by atoms with Crippen LogP contribution >= 0.6 is 0 Å². The van der Waals surface area contributed by atoms with E-state index in [2.05, 4.69) is 0 Å². The number of hydrogen-bond donors (Lipinski definition) is 5. The Balaban J connectivity index is 0. The third-order valence-corrected chi connectivity index (χ3v) is 1.12. The molecule has 0 aromatic heterocycles. The van der Waals surface area contributed by atoms with Gasteiger partial charge in [0.05, 0.1) is 25.4 Å².